The zero-order valence-corrected chi connectivity index (χ0v) is 13.9. The molecule has 1 aromatic rings. The molecule has 1 atom stereocenters. The summed E-state index contributed by atoms with van der Waals surface area (Å²) in [5, 5.41) is 3.53. The molecule has 118 valence electrons. The van der Waals surface area contributed by atoms with E-state index in [-0.39, 0.29) is 6.09 Å². The van der Waals surface area contributed by atoms with Crippen molar-refractivity contribution in [3.05, 3.63) is 16.6 Å². The number of amides is 1. The van der Waals surface area contributed by atoms with Crippen molar-refractivity contribution >= 4 is 17.4 Å². The maximum atomic E-state index is 12.2. The molecule has 0 radical (unpaired) electrons. The largest absolute Gasteiger partial charge is 0.444 e. The number of ether oxygens (including phenoxy) is 1. The minimum Gasteiger partial charge on any atom is -0.444 e. The lowest BCUT2D eigenvalue weighted by Gasteiger charge is -2.28. The second-order valence-corrected chi connectivity index (χ2v) is 7.44. The SMILES string of the molecule is CC(C)(C)OC(=O)N1CCCCC(NCc2cncs2)C1. The van der Waals surface area contributed by atoms with Gasteiger partial charge in [-0.2, -0.15) is 0 Å². The molecule has 0 saturated carbocycles. The molecule has 1 amide bonds. The van der Waals surface area contributed by atoms with Crippen LogP contribution >= 0.6 is 11.3 Å². The Morgan fingerprint density at radius 1 is 1.52 bits per heavy atom. The van der Waals surface area contributed by atoms with Gasteiger partial charge in [0.15, 0.2) is 0 Å². The van der Waals surface area contributed by atoms with Crippen LogP contribution in [-0.2, 0) is 11.3 Å². The lowest BCUT2D eigenvalue weighted by atomic mass is 10.1. The minimum absolute atomic E-state index is 0.200. The molecule has 1 unspecified atom stereocenters. The summed E-state index contributed by atoms with van der Waals surface area (Å²) in [4.78, 5) is 19.4. The Kier molecular flexibility index (Phi) is 5.58. The Bertz CT molecular complexity index is 442. The van der Waals surface area contributed by atoms with E-state index in [9.17, 15) is 4.79 Å². The highest BCUT2D eigenvalue weighted by Crippen LogP contribution is 2.16. The smallest absolute Gasteiger partial charge is 0.410 e. The van der Waals surface area contributed by atoms with E-state index in [1.54, 1.807) is 11.3 Å². The molecule has 6 heteroatoms. The fourth-order valence-electron chi connectivity index (χ4n) is 2.38. The molecule has 1 aliphatic heterocycles. The number of nitrogens with zero attached hydrogens (tertiary/aromatic N) is 2. The third-order valence-corrected chi connectivity index (χ3v) is 4.15. The molecule has 0 aromatic carbocycles. The van der Waals surface area contributed by atoms with E-state index in [1.165, 1.54) is 4.88 Å². The van der Waals surface area contributed by atoms with Crippen molar-refractivity contribution < 1.29 is 9.53 Å². The van der Waals surface area contributed by atoms with Gasteiger partial charge in [0.25, 0.3) is 0 Å². The van der Waals surface area contributed by atoms with E-state index in [1.807, 2.05) is 37.4 Å². The molecule has 0 aliphatic carbocycles. The van der Waals surface area contributed by atoms with Gasteiger partial charge in [-0.25, -0.2) is 4.79 Å². The van der Waals surface area contributed by atoms with Crippen LogP contribution in [-0.4, -0.2) is 40.7 Å². The molecule has 2 rings (SSSR count). The second-order valence-electron chi connectivity index (χ2n) is 6.47. The van der Waals surface area contributed by atoms with Crippen LogP contribution in [0.3, 0.4) is 0 Å². The predicted molar refractivity (Wildman–Crippen MR) is 84.4 cm³/mol. The van der Waals surface area contributed by atoms with Crippen molar-refractivity contribution in [2.24, 2.45) is 0 Å². The van der Waals surface area contributed by atoms with Crippen LogP contribution in [0.2, 0.25) is 0 Å². The molecular formula is C15H25N3O2S. The lowest BCUT2D eigenvalue weighted by Crippen LogP contribution is -2.44. The summed E-state index contributed by atoms with van der Waals surface area (Å²) < 4.78 is 5.48. The van der Waals surface area contributed by atoms with Crippen LogP contribution in [0.1, 0.15) is 44.9 Å². The van der Waals surface area contributed by atoms with Gasteiger partial charge in [-0.3, -0.25) is 4.98 Å². The highest BCUT2D eigenvalue weighted by Gasteiger charge is 2.26. The van der Waals surface area contributed by atoms with Crippen LogP contribution in [0, 0.1) is 0 Å². The fourth-order valence-corrected chi connectivity index (χ4v) is 2.92. The average molecular weight is 311 g/mol. The van der Waals surface area contributed by atoms with E-state index < -0.39 is 5.60 Å². The van der Waals surface area contributed by atoms with Crippen LogP contribution in [0.15, 0.2) is 11.7 Å². The van der Waals surface area contributed by atoms with Gasteiger partial charge in [0.1, 0.15) is 5.60 Å². The number of likely N-dealkylation sites (tertiary alicyclic amines) is 1. The molecule has 1 N–H and O–H groups in total. The van der Waals surface area contributed by atoms with Crippen molar-refractivity contribution in [2.75, 3.05) is 13.1 Å². The molecule has 1 saturated heterocycles. The number of carbonyl (C=O) groups excluding carboxylic acids is 1. The standard InChI is InChI=1S/C15H25N3O2S/c1-15(2,3)20-14(19)18-7-5-4-6-12(10-18)17-9-13-8-16-11-21-13/h8,11-12,17H,4-7,9-10H2,1-3H3. The molecule has 5 nitrogen and oxygen atoms in total. The second kappa shape index (κ2) is 7.22. The van der Waals surface area contributed by atoms with Gasteiger partial charge in [-0.05, 0) is 33.6 Å². The number of rotatable bonds is 3. The van der Waals surface area contributed by atoms with Gasteiger partial charge in [-0.15, -0.1) is 11.3 Å². The van der Waals surface area contributed by atoms with Crippen molar-refractivity contribution in [2.45, 2.75) is 58.2 Å². The normalized spacial score (nSPS) is 20.1. The number of hydrogen-bond acceptors (Lipinski definition) is 5. The summed E-state index contributed by atoms with van der Waals surface area (Å²) in [6.07, 6.45) is 4.96. The van der Waals surface area contributed by atoms with E-state index in [0.29, 0.717) is 12.6 Å². The van der Waals surface area contributed by atoms with Gasteiger partial charge < -0.3 is 15.0 Å². The third-order valence-electron chi connectivity index (χ3n) is 3.37. The summed E-state index contributed by atoms with van der Waals surface area (Å²) >= 11 is 1.65. The first-order valence-corrected chi connectivity index (χ1v) is 8.41. The van der Waals surface area contributed by atoms with Crippen molar-refractivity contribution in [3.63, 3.8) is 0 Å². The summed E-state index contributed by atoms with van der Waals surface area (Å²) in [5.41, 5.74) is 1.41. The van der Waals surface area contributed by atoms with Gasteiger partial charge in [0.05, 0.1) is 5.51 Å². The first-order chi connectivity index (χ1) is 9.94. The Balaban J connectivity index is 1.87. The van der Waals surface area contributed by atoms with Crippen LogP contribution < -0.4 is 5.32 Å². The quantitative estimate of drug-likeness (QED) is 0.932. The summed E-state index contributed by atoms with van der Waals surface area (Å²) in [7, 11) is 0. The minimum atomic E-state index is -0.436. The molecular weight excluding hydrogens is 286 g/mol. The number of nitrogens with one attached hydrogen (secondary N) is 1. The average Bonchev–Trinajstić information content (AvgIpc) is 2.78. The number of carbonyl (C=O) groups is 1. The van der Waals surface area contributed by atoms with E-state index in [4.69, 9.17) is 4.74 Å². The fraction of sp³-hybridized carbons (Fsp3) is 0.733. The number of aromatic nitrogens is 1. The Morgan fingerprint density at radius 2 is 2.33 bits per heavy atom. The van der Waals surface area contributed by atoms with Crippen molar-refractivity contribution in [1.82, 2.24) is 15.2 Å². The number of thiazole rings is 1. The molecule has 0 bridgehead atoms. The van der Waals surface area contributed by atoms with Crippen LogP contribution in [0.4, 0.5) is 4.79 Å². The lowest BCUT2D eigenvalue weighted by molar-refractivity contribution is 0.0243. The van der Waals surface area contributed by atoms with Gasteiger partial charge >= 0.3 is 6.09 Å². The zero-order chi connectivity index (χ0) is 15.3. The molecule has 1 fully saturated rings. The van der Waals surface area contributed by atoms with E-state index in [2.05, 4.69) is 10.3 Å². The maximum Gasteiger partial charge on any atom is 0.410 e. The topological polar surface area (TPSA) is 54.5 Å². The van der Waals surface area contributed by atoms with Crippen LogP contribution in [0.25, 0.3) is 0 Å². The third kappa shape index (κ3) is 5.63. The summed E-state index contributed by atoms with van der Waals surface area (Å²) in [5.74, 6) is 0. The Morgan fingerprint density at radius 3 is 3.00 bits per heavy atom. The predicted octanol–water partition coefficient (Wildman–Crippen LogP) is 3.02. The highest BCUT2D eigenvalue weighted by atomic mass is 32.1. The molecule has 2 heterocycles. The maximum absolute atomic E-state index is 12.2. The molecule has 21 heavy (non-hydrogen) atoms. The summed E-state index contributed by atoms with van der Waals surface area (Å²) in [6, 6.07) is 0.321. The van der Waals surface area contributed by atoms with Crippen molar-refractivity contribution in [3.8, 4) is 0 Å². The van der Waals surface area contributed by atoms with Crippen LogP contribution in [0.5, 0.6) is 0 Å². The van der Waals surface area contributed by atoms with Gasteiger partial charge in [0, 0.05) is 36.8 Å². The van der Waals surface area contributed by atoms with Crippen molar-refractivity contribution in [1.29, 1.82) is 0 Å². The molecule has 1 aromatic heterocycles. The van der Waals surface area contributed by atoms with Gasteiger partial charge in [-0.1, -0.05) is 6.42 Å². The monoisotopic (exact) mass is 311 g/mol. The molecule has 1 aliphatic rings. The van der Waals surface area contributed by atoms with E-state index in [0.717, 1.165) is 32.4 Å². The Labute approximate surface area is 130 Å². The zero-order valence-electron chi connectivity index (χ0n) is 13.1. The Hall–Kier alpha value is -1.14. The first-order valence-electron chi connectivity index (χ1n) is 7.53. The van der Waals surface area contributed by atoms with Gasteiger partial charge in [0.2, 0.25) is 0 Å². The summed E-state index contributed by atoms with van der Waals surface area (Å²) in [6.45, 7) is 8.03. The van der Waals surface area contributed by atoms with E-state index >= 15 is 0 Å². The molecule has 0 spiro atoms. The number of hydrogen-bond donors (Lipinski definition) is 1. The highest BCUT2D eigenvalue weighted by molar-refractivity contribution is 7.09. The first kappa shape index (κ1) is 16.2.